The third-order valence-electron chi connectivity index (χ3n) is 3.05. The molecule has 0 unspecified atom stereocenters. The molecule has 2 aliphatic rings. The molecule has 1 aromatic heterocycles. The van der Waals surface area contributed by atoms with Gasteiger partial charge in [0.2, 0.25) is 5.89 Å². The lowest BCUT2D eigenvalue weighted by Gasteiger charge is -2.13. The summed E-state index contributed by atoms with van der Waals surface area (Å²) in [6.07, 6.45) is 4.46. The van der Waals surface area contributed by atoms with Gasteiger partial charge in [-0.3, -0.25) is 0 Å². The third-order valence-corrected chi connectivity index (χ3v) is 3.05. The molecule has 1 aromatic rings. The average molecular weight is 209 g/mol. The van der Waals surface area contributed by atoms with Gasteiger partial charge in [0.25, 0.3) is 0 Å². The molecule has 0 aromatic carbocycles. The van der Waals surface area contributed by atoms with Crippen LogP contribution in [0, 0.1) is 0 Å². The zero-order valence-corrected chi connectivity index (χ0v) is 8.56. The average Bonchev–Trinajstić information content (AvgIpc) is 2.83. The van der Waals surface area contributed by atoms with Crippen molar-refractivity contribution in [3.8, 4) is 0 Å². The predicted octanol–water partition coefficient (Wildman–Crippen LogP) is 1.13. The van der Waals surface area contributed by atoms with E-state index in [9.17, 15) is 0 Å². The highest BCUT2D eigenvalue weighted by Gasteiger charge is 2.32. The Hall–Kier alpha value is -0.940. The lowest BCUT2D eigenvalue weighted by Crippen LogP contribution is -2.26. The fourth-order valence-corrected chi connectivity index (χ4v) is 1.93. The molecule has 2 heterocycles. The second-order valence-corrected chi connectivity index (χ2v) is 4.34. The van der Waals surface area contributed by atoms with E-state index in [1.807, 2.05) is 0 Å². The number of nitrogens with zero attached hydrogens (tertiary/aromatic N) is 2. The number of aromatic nitrogens is 2. The fraction of sp³-hybridized carbons (Fsp3) is 0.800. The smallest absolute Gasteiger partial charge is 0.229 e. The highest BCUT2D eigenvalue weighted by atomic mass is 16.5. The first kappa shape index (κ1) is 9.30. The normalized spacial score (nSPS) is 28.2. The summed E-state index contributed by atoms with van der Waals surface area (Å²) in [5.41, 5.74) is 6.02. The molecule has 3 rings (SSSR count). The van der Waals surface area contributed by atoms with Crippen molar-refractivity contribution in [1.82, 2.24) is 10.1 Å². The molecule has 2 N–H and O–H groups in total. The van der Waals surface area contributed by atoms with E-state index in [0.717, 1.165) is 38.2 Å². The van der Waals surface area contributed by atoms with E-state index < -0.39 is 0 Å². The molecule has 0 radical (unpaired) electrons. The number of nitrogens with two attached hydrogens (primary N) is 1. The summed E-state index contributed by atoms with van der Waals surface area (Å²) in [6, 6.07) is -0.233. The zero-order valence-electron chi connectivity index (χ0n) is 8.56. The second-order valence-electron chi connectivity index (χ2n) is 4.34. The van der Waals surface area contributed by atoms with Crippen LogP contribution in [-0.4, -0.2) is 22.9 Å². The summed E-state index contributed by atoms with van der Waals surface area (Å²) in [7, 11) is 0. The van der Waals surface area contributed by atoms with Crippen LogP contribution in [0.15, 0.2) is 4.52 Å². The van der Waals surface area contributed by atoms with Crippen LogP contribution in [0.4, 0.5) is 0 Å². The van der Waals surface area contributed by atoms with E-state index in [1.165, 1.54) is 0 Å². The van der Waals surface area contributed by atoms with Crippen molar-refractivity contribution in [2.45, 2.75) is 43.7 Å². The molecule has 82 valence electrons. The fourth-order valence-electron chi connectivity index (χ4n) is 1.93. The highest BCUT2D eigenvalue weighted by Crippen LogP contribution is 2.39. The summed E-state index contributed by atoms with van der Waals surface area (Å²) in [6.45, 7) is 0.797. The van der Waals surface area contributed by atoms with Gasteiger partial charge in [-0.2, -0.15) is 4.98 Å². The monoisotopic (exact) mass is 209 g/mol. The first-order chi connectivity index (χ1) is 7.34. The Morgan fingerprint density at radius 2 is 2.20 bits per heavy atom. The molecule has 5 nitrogen and oxygen atoms in total. The van der Waals surface area contributed by atoms with Crippen LogP contribution in [0.1, 0.15) is 49.4 Å². The number of rotatable bonds is 3. The molecular weight excluding hydrogens is 194 g/mol. The summed E-state index contributed by atoms with van der Waals surface area (Å²) in [5, 5.41) is 3.93. The molecule has 1 aliphatic carbocycles. The maximum atomic E-state index is 6.02. The quantitative estimate of drug-likeness (QED) is 0.807. The van der Waals surface area contributed by atoms with Gasteiger partial charge in [0.05, 0.1) is 12.1 Å². The zero-order chi connectivity index (χ0) is 10.3. The van der Waals surface area contributed by atoms with Crippen molar-refractivity contribution in [1.29, 1.82) is 0 Å². The van der Waals surface area contributed by atoms with Crippen molar-refractivity contribution in [2.24, 2.45) is 5.73 Å². The van der Waals surface area contributed by atoms with Crippen molar-refractivity contribution in [2.75, 3.05) is 6.61 Å². The van der Waals surface area contributed by atoms with E-state index in [-0.39, 0.29) is 12.1 Å². The van der Waals surface area contributed by atoms with E-state index in [2.05, 4.69) is 10.1 Å². The Morgan fingerprint density at radius 3 is 2.87 bits per heavy atom. The molecule has 0 spiro atoms. The predicted molar refractivity (Wildman–Crippen MR) is 52.2 cm³/mol. The standard InChI is InChI=1S/C10H15N3O2/c11-8(7-2-1-5-14-7)9-12-10(15-13-9)6-3-4-6/h6-8H,1-5,11H2/t7-,8-/m0/s1. The van der Waals surface area contributed by atoms with Crippen LogP contribution >= 0.6 is 0 Å². The summed E-state index contributed by atoms with van der Waals surface area (Å²) in [4.78, 5) is 4.33. The van der Waals surface area contributed by atoms with Crippen molar-refractivity contribution >= 4 is 0 Å². The van der Waals surface area contributed by atoms with Gasteiger partial charge < -0.3 is 15.0 Å². The molecule has 15 heavy (non-hydrogen) atoms. The van der Waals surface area contributed by atoms with Gasteiger partial charge in [0.1, 0.15) is 0 Å². The lowest BCUT2D eigenvalue weighted by molar-refractivity contribution is 0.0870. The molecule has 2 fully saturated rings. The van der Waals surface area contributed by atoms with Gasteiger partial charge in [-0.05, 0) is 25.7 Å². The van der Waals surface area contributed by atoms with Crippen molar-refractivity contribution < 1.29 is 9.26 Å². The summed E-state index contributed by atoms with van der Waals surface area (Å²) < 4.78 is 10.7. The van der Waals surface area contributed by atoms with Crippen LogP contribution in [-0.2, 0) is 4.74 Å². The van der Waals surface area contributed by atoms with Gasteiger partial charge in [-0.15, -0.1) is 0 Å². The topological polar surface area (TPSA) is 74.2 Å². The van der Waals surface area contributed by atoms with Gasteiger partial charge in [0, 0.05) is 12.5 Å². The van der Waals surface area contributed by atoms with Crippen LogP contribution in [0.25, 0.3) is 0 Å². The summed E-state index contributed by atoms with van der Waals surface area (Å²) >= 11 is 0. The molecule has 0 bridgehead atoms. The molecular formula is C10H15N3O2. The summed E-state index contributed by atoms with van der Waals surface area (Å²) in [5.74, 6) is 1.84. The Bertz CT molecular complexity index is 342. The first-order valence-corrected chi connectivity index (χ1v) is 5.55. The number of ether oxygens (including phenoxy) is 1. The SMILES string of the molecule is N[C@H](c1noc(C2CC2)n1)[C@@H]1CCCO1. The first-order valence-electron chi connectivity index (χ1n) is 5.55. The van der Waals surface area contributed by atoms with Crippen molar-refractivity contribution in [3.63, 3.8) is 0 Å². The largest absolute Gasteiger partial charge is 0.376 e. The van der Waals surface area contributed by atoms with Crippen LogP contribution in [0.2, 0.25) is 0 Å². The lowest BCUT2D eigenvalue weighted by atomic mass is 10.1. The Labute approximate surface area is 88.0 Å². The van der Waals surface area contributed by atoms with Gasteiger partial charge in [-0.1, -0.05) is 5.16 Å². The molecule has 1 aliphatic heterocycles. The van der Waals surface area contributed by atoms with Crippen LogP contribution in [0.3, 0.4) is 0 Å². The van der Waals surface area contributed by atoms with E-state index >= 15 is 0 Å². The van der Waals surface area contributed by atoms with Crippen LogP contribution in [0.5, 0.6) is 0 Å². The van der Waals surface area contributed by atoms with E-state index in [4.69, 9.17) is 15.0 Å². The molecule has 5 heteroatoms. The highest BCUT2D eigenvalue weighted by molar-refractivity contribution is 5.04. The van der Waals surface area contributed by atoms with Gasteiger partial charge in [-0.25, -0.2) is 0 Å². The second kappa shape index (κ2) is 3.57. The number of hydrogen-bond acceptors (Lipinski definition) is 5. The Kier molecular flexibility index (Phi) is 2.21. The maximum absolute atomic E-state index is 6.02. The Morgan fingerprint density at radius 1 is 1.33 bits per heavy atom. The van der Waals surface area contributed by atoms with Crippen molar-refractivity contribution in [3.05, 3.63) is 11.7 Å². The van der Waals surface area contributed by atoms with E-state index in [1.54, 1.807) is 0 Å². The minimum absolute atomic E-state index is 0.0645. The Balaban J connectivity index is 1.72. The van der Waals surface area contributed by atoms with Gasteiger partial charge >= 0.3 is 0 Å². The van der Waals surface area contributed by atoms with Gasteiger partial charge in [0.15, 0.2) is 5.82 Å². The minimum Gasteiger partial charge on any atom is -0.376 e. The molecule has 1 saturated carbocycles. The number of hydrogen-bond donors (Lipinski definition) is 1. The third kappa shape index (κ3) is 1.77. The molecule has 2 atom stereocenters. The molecule has 1 saturated heterocycles. The minimum atomic E-state index is -0.233. The molecule has 0 amide bonds. The van der Waals surface area contributed by atoms with Crippen LogP contribution < -0.4 is 5.73 Å². The van der Waals surface area contributed by atoms with E-state index in [0.29, 0.717) is 11.7 Å². The maximum Gasteiger partial charge on any atom is 0.229 e.